The van der Waals surface area contributed by atoms with Gasteiger partial charge in [0.15, 0.2) is 0 Å². The number of hydrogen-bond donors (Lipinski definition) is 2. The molecule has 0 bridgehead atoms. The standard InChI is InChI=1S/C16H25N3O4S/c1-11(2)12-6-7-14(23-3)15(9-12)24(21,22)19-8-4-5-13(10-19)16(20)18-17/h6-7,9,11,13H,4-5,8,10,17H2,1-3H3,(H,18,20)/t13-/m0/s1. The van der Waals surface area contributed by atoms with Crippen LogP contribution in [0.3, 0.4) is 0 Å². The number of sulfonamides is 1. The summed E-state index contributed by atoms with van der Waals surface area (Å²) in [5.41, 5.74) is 3.03. The van der Waals surface area contributed by atoms with Crippen LogP contribution in [0.2, 0.25) is 0 Å². The number of piperidine rings is 1. The Hall–Kier alpha value is -1.64. The molecule has 7 nitrogen and oxygen atoms in total. The maximum absolute atomic E-state index is 13.1. The number of ether oxygens (including phenoxy) is 1. The van der Waals surface area contributed by atoms with Crippen molar-refractivity contribution < 1.29 is 17.9 Å². The number of nitrogens with two attached hydrogens (primary N) is 1. The summed E-state index contributed by atoms with van der Waals surface area (Å²) in [6, 6.07) is 5.20. The maximum atomic E-state index is 13.1. The lowest BCUT2D eigenvalue weighted by atomic mass is 9.99. The van der Waals surface area contributed by atoms with Crippen LogP contribution in [-0.2, 0) is 14.8 Å². The third-order valence-electron chi connectivity index (χ3n) is 4.37. The second kappa shape index (κ2) is 7.50. The van der Waals surface area contributed by atoms with Crippen molar-refractivity contribution in [1.82, 2.24) is 9.73 Å². The molecule has 24 heavy (non-hydrogen) atoms. The molecule has 0 spiro atoms. The highest BCUT2D eigenvalue weighted by atomic mass is 32.2. The van der Waals surface area contributed by atoms with Crippen molar-refractivity contribution in [2.45, 2.75) is 37.5 Å². The average Bonchev–Trinajstić information content (AvgIpc) is 2.60. The number of carbonyl (C=O) groups is 1. The summed E-state index contributed by atoms with van der Waals surface area (Å²) in [6.07, 6.45) is 1.24. The van der Waals surface area contributed by atoms with Crippen molar-refractivity contribution in [2.24, 2.45) is 11.8 Å². The summed E-state index contributed by atoms with van der Waals surface area (Å²) >= 11 is 0. The predicted molar refractivity (Wildman–Crippen MR) is 90.9 cm³/mol. The van der Waals surface area contributed by atoms with Crippen LogP contribution in [0.1, 0.15) is 38.2 Å². The molecule has 1 aromatic rings. The highest BCUT2D eigenvalue weighted by molar-refractivity contribution is 7.89. The van der Waals surface area contributed by atoms with E-state index in [2.05, 4.69) is 5.43 Å². The number of rotatable bonds is 5. The molecule has 0 radical (unpaired) electrons. The average molecular weight is 355 g/mol. The normalized spacial score (nSPS) is 19.3. The van der Waals surface area contributed by atoms with Crippen LogP contribution in [0.15, 0.2) is 23.1 Å². The first-order chi connectivity index (χ1) is 11.3. The summed E-state index contributed by atoms with van der Waals surface area (Å²) < 4.78 is 32.8. The number of hydrogen-bond acceptors (Lipinski definition) is 5. The van der Waals surface area contributed by atoms with Crippen molar-refractivity contribution >= 4 is 15.9 Å². The minimum Gasteiger partial charge on any atom is -0.495 e. The third kappa shape index (κ3) is 3.71. The van der Waals surface area contributed by atoms with E-state index in [1.165, 1.54) is 11.4 Å². The summed E-state index contributed by atoms with van der Waals surface area (Å²) in [5.74, 6) is 4.92. The van der Waals surface area contributed by atoms with Gasteiger partial charge in [0.1, 0.15) is 10.6 Å². The van der Waals surface area contributed by atoms with E-state index in [-0.39, 0.29) is 23.3 Å². The maximum Gasteiger partial charge on any atom is 0.246 e. The lowest BCUT2D eigenvalue weighted by Gasteiger charge is -2.31. The second-order valence-corrected chi connectivity index (χ2v) is 8.18. The Balaban J connectivity index is 2.39. The van der Waals surface area contributed by atoms with Gasteiger partial charge in [-0.2, -0.15) is 4.31 Å². The molecule has 134 valence electrons. The summed E-state index contributed by atoms with van der Waals surface area (Å²) in [5, 5.41) is 0. The van der Waals surface area contributed by atoms with Gasteiger partial charge in [-0.05, 0) is 36.5 Å². The Kier molecular flexibility index (Phi) is 5.84. The number of carbonyl (C=O) groups excluding carboxylic acids is 1. The fraction of sp³-hybridized carbons (Fsp3) is 0.562. The topological polar surface area (TPSA) is 102 Å². The molecule has 0 saturated carbocycles. The first-order valence-electron chi connectivity index (χ1n) is 7.99. The molecule has 0 aromatic heterocycles. The van der Waals surface area contributed by atoms with E-state index < -0.39 is 15.9 Å². The highest BCUT2D eigenvalue weighted by Crippen LogP contribution is 2.32. The van der Waals surface area contributed by atoms with Gasteiger partial charge in [0.25, 0.3) is 0 Å². The van der Waals surface area contributed by atoms with E-state index in [0.717, 1.165) is 5.56 Å². The van der Waals surface area contributed by atoms with Crippen molar-refractivity contribution in [3.63, 3.8) is 0 Å². The zero-order valence-corrected chi connectivity index (χ0v) is 15.1. The Labute approximate surface area is 143 Å². The first kappa shape index (κ1) is 18.7. The van der Waals surface area contributed by atoms with Crippen LogP contribution in [0.25, 0.3) is 0 Å². The first-order valence-corrected chi connectivity index (χ1v) is 9.43. The fourth-order valence-corrected chi connectivity index (χ4v) is 4.60. The van der Waals surface area contributed by atoms with Gasteiger partial charge in [-0.3, -0.25) is 10.2 Å². The van der Waals surface area contributed by atoms with E-state index in [1.54, 1.807) is 12.1 Å². The Morgan fingerprint density at radius 1 is 1.42 bits per heavy atom. The molecule has 1 aromatic carbocycles. The molecule has 3 N–H and O–H groups in total. The number of nitrogens with one attached hydrogen (secondary N) is 1. The van der Waals surface area contributed by atoms with Gasteiger partial charge in [-0.15, -0.1) is 0 Å². The molecule has 1 heterocycles. The van der Waals surface area contributed by atoms with Crippen LogP contribution in [0.5, 0.6) is 5.75 Å². The Bertz CT molecular complexity index is 703. The van der Waals surface area contributed by atoms with Gasteiger partial charge < -0.3 is 4.74 Å². The predicted octanol–water partition coefficient (Wildman–Crippen LogP) is 1.21. The number of benzene rings is 1. The molecule has 2 rings (SSSR count). The van der Waals surface area contributed by atoms with Crippen LogP contribution >= 0.6 is 0 Å². The van der Waals surface area contributed by atoms with E-state index in [0.29, 0.717) is 25.1 Å². The lowest BCUT2D eigenvalue weighted by Crippen LogP contribution is -2.46. The SMILES string of the molecule is COc1ccc(C(C)C)cc1S(=O)(=O)N1CCC[C@H](C(=O)NN)C1. The minimum atomic E-state index is -3.75. The summed E-state index contributed by atoms with van der Waals surface area (Å²) in [4.78, 5) is 11.9. The highest BCUT2D eigenvalue weighted by Gasteiger charge is 2.34. The van der Waals surface area contributed by atoms with E-state index >= 15 is 0 Å². The lowest BCUT2D eigenvalue weighted by molar-refractivity contribution is -0.126. The van der Waals surface area contributed by atoms with Gasteiger partial charge in [-0.25, -0.2) is 14.3 Å². The number of methoxy groups -OCH3 is 1. The van der Waals surface area contributed by atoms with E-state index in [1.807, 2.05) is 19.9 Å². The fourth-order valence-electron chi connectivity index (χ4n) is 2.89. The van der Waals surface area contributed by atoms with Gasteiger partial charge in [0, 0.05) is 13.1 Å². The van der Waals surface area contributed by atoms with Gasteiger partial charge in [0.2, 0.25) is 15.9 Å². The Morgan fingerprint density at radius 3 is 2.71 bits per heavy atom. The van der Waals surface area contributed by atoms with Crippen molar-refractivity contribution in [1.29, 1.82) is 0 Å². The number of hydrazine groups is 1. The Morgan fingerprint density at radius 2 is 2.12 bits per heavy atom. The summed E-state index contributed by atoms with van der Waals surface area (Å²) in [7, 11) is -2.30. The molecular formula is C16H25N3O4S. The van der Waals surface area contributed by atoms with Gasteiger partial charge in [-0.1, -0.05) is 19.9 Å². The smallest absolute Gasteiger partial charge is 0.246 e. The van der Waals surface area contributed by atoms with Crippen molar-refractivity contribution in [3.05, 3.63) is 23.8 Å². The van der Waals surface area contributed by atoms with Crippen molar-refractivity contribution in [3.8, 4) is 5.75 Å². The molecule has 8 heteroatoms. The van der Waals surface area contributed by atoms with Crippen LogP contribution in [0, 0.1) is 5.92 Å². The monoisotopic (exact) mass is 355 g/mol. The second-order valence-electron chi connectivity index (χ2n) is 6.28. The van der Waals surface area contributed by atoms with E-state index in [9.17, 15) is 13.2 Å². The van der Waals surface area contributed by atoms with Gasteiger partial charge in [0.05, 0.1) is 13.0 Å². The molecule has 1 saturated heterocycles. The number of amides is 1. The zero-order valence-electron chi connectivity index (χ0n) is 14.3. The zero-order chi connectivity index (χ0) is 17.9. The molecule has 1 aliphatic heterocycles. The van der Waals surface area contributed by atoms with Crippen LogP contribution < -0.4 is 16.0 Å². The molecule has 1 atom stereocenters. The van der Waals surface area contributed by atoms with Crippen LogP contribution in [0.4, 0.5) is 0 Å². The van der Waals surface area contributed by atoms with E-state index in [4.69, 9.17) is 10.6 Å². The molecule has 0 unspecified atom stereocenters. The summed E-state index contributed by atoms with van der Waals surface area (Å²) in [6.45, 7) is 4.51. The molecule has 1 aliphatic rings. The molecular weight excluding hydrogens is 330 g/mol. The van der Waals surface area contributed by atoms with Gasteiger partial charge >= 0.3 is 0 Å². The minimum absolute atomic E-state index is 0.125. The molecule has 1 fully saturated rings. The van der Waals surface area contributed by atoms with Crippen LogP contribution in [-0.4, -0.2) is 38.8 Å². The molecule has 1 amide bonds. The number of nitrogens with zero attached hydrogens (tertiary/aromatic N) is 1. The quantitative estimate of drug-likeness (QED) is 0.470. The third-order valence-corrected chi connectivity index (χ3v) is 6.26. The van der Waals surface area contributed by atoms with Crippen molar-refractivity contribution in [2.75, 3.05) is 20.2 Å². The molecule has 0 aliphatic carbocycles. The largest absolute Gasteiger partial charge is 0.495 e.